The largest absolute Gasteiger partial charge is 0.402 e. The third-order valence-corrected chi connectivity index (χ3v) is 3.28. The second kappa shape index (κ2) is 12.1. The Balaban J connectivity index is 0.000000627. The molecule has 0 amide bonds. The first-order valence-electron chi connectivity index (χ1n) is 9.21. The molecule has 29 heavy (non-hydrogen) atoms. The van der Waals surface area contributed by atoms with Gasteiger partial charge in [-0.1, -0.05) is 44.2 Å². The molecule has 0 atom stereocenters. The Morgan fingerprint density at radius 1 is 1.07 bits per heavy atom. The summed E-state index contributed by atoms with van der Waals surface area (Å²) in [4.78, 5) is 39.0. The van der Waals surface area contributed by atoms with Gasteiger partial charge in [0.2, 0.25) is 11.3 Å². The molecule has 0 fully saturated rings. The van der Waals surface area contributed by atoms with Gasteiger partial charge in [-0.3, -0.25) is 9.59 Å². The van der Waals surface area contributed by atoms with Crippen LogP contribution >= 0.6 is 0 Å². The summed E-state index contributed by atoms with van der Waals surface area (Å²) >= 11 is 0. The minimum absolute atomic E-state index is 0.0258. The summed E-state index contributed by atoms with van der Waals surface area (Å²) in [5.41, 5.74) is 0.744. The van der Waals surface area contributed by atoms with E-state index in [1.807, 2.05) is 70.2 Å². The molecule has 3 N–H and O–H groups in total. The first-order valence-corrected chi connectivity index (χ1v) is 9.21. The van der Waals surface area contributed by atoms with Crippen LogP contribution in [0.25, 0.3) is 0 Å². The Hall–Kier alpha value is -3.39. The number of nitrogens with zero attached hydrogens (tertiary/aromatic N) is 1. The van der Waals surface area contributed by atoms with Crippen molar-refractivity contribution in [1.29, 1.82) is 0 Å². The van der Waals surface area contributed by atoms with Gasteiger partial charge in [0.05, 0.1) is 5.56 Å². The van der Waals surface area contributed by atoms with Crippen LogP contribution in [0.4, 0.5) is 5.69 Å². The number of cyclic esters (lactones) is 1. The maximum Gasteiger partial charge on any atom is 0.367 e. The van der Waals surface area contributed by atoms with Gasteiger partial charge in [0.25, 0.3) is 0 Å². The smallest absolute Gasteiger partial charge is 0.367 e. The SMILES string of the molecule is CC.CN(C)C.O=Cc1c[nH]cc(NC2=C(NCc3ccccc3)OC2=O)c1=O. The number of anilines is 1. The summed E-state index contributed by atoms with van der Waals surface area (Å²) in [6.45, 7) is 4.47. The molecule has 0 spiro atoms. The Morgan fingerprint density at radius 2 is 1.69 bits per heavy atom. The maximum absolute atomic E-state index is 12.0. The van der Waals surface area contributed by atoms with Crippen LogP contribution in [0.1, 0.15) is 29.8 Å². The highest BCUT2D eigenvalue weighted by Gasteiger charge is 2.31. The topological polar surface area (TPSA) is 104 Å². The number of esters is 1. The van der Waals surface area contributed by atoms with Gasteiger partial charge < -0.3 is 25.3 Å². The van der Waals surface area contributed by atoms with Crippen molar-refractivity contribution in [3.8, 4) is 0 Å². The van der Waals surface area contributed by atoms with E-state index < -0.39 is 11.4 Å². The third kappa shape index (κ3) is 7.27. The molecule has 0 radical (unpaired) electrons. The Labute approximate surface area is 170 Å². The van der Waals surface area contributed by atoms with Crippen molar-refractivity contribution in [2.75, 3.05) is 26.5 Å². The molecule has 0 unspecified atom stereocenters. The number of ether oxygens (including phenoxy) is 1. The minimum atomic E-state index is -0.573. The molecule has 2 heterocycles. The van der Waals surface area contributed by atoms with Gasteiger partial charge in [-0.2, -0.15) is 0 Å². The summed E-state index contributed by atoms with van der Waals surface area (Å²) < 4.78 is 4.93. The van der Waals surface area contributed by atoms with Gasteiger partial charge in [-0.05, 0) is 26.7 Å². The normalized spacial score (nSPS) is 11.9. The lowest BCUT2D eigenvalue weighted by Gasteiger charge is -2.23. The van der Waals surface area contributed by atoms with E-state index in [1.54, 1.807) is 0 Å². The summed E-state index contributed by atoms with van der Waals surface area (Å²) in [7, 11) is 6.00. The highest BCUT2D eigenvalue weighted by Crippen LogP contribution is 2.20. The van der Waals surface area contributed by atoms with Gasteiger partial charge in [0, 0.05) is 18.9 Å². The maximum atomic E-state index is 12.0. The van der Waals surface area contributed by atoms with E-state index in [2.05, 4.69) is 15.6 Å². The van der Waals surface area contributed by atoms with Gasteiger partial charge >= 0.3 is 5.97 Å². The number of pyridine rings is 1. The first-order chi connectivity index (χ1) is 13.9. The highest BCUT2D eigenvalue weighted by molar-refractivity contribution is 5.98. The average molecular weight is 400 g/mol. The number of carbonyl (C=O) groups excluding carboxylic acids is 2. The van der Waals surface area contributed by atoms with E-state index >= 15 is 0 Å². The predicted octanol–water partition coefficient (Wildman–Crippen LogP) is 2.32. The number of aromatic amines is 1. The number of rotatable bonds is 6. The quantitative estimate of drug-likeness (QED) is 0.505. The van der Waals surface area contributed by atoms with E-state index in [-0.39, 0.29) is 22.8 Å². The molecular weight excluding hydrogens is 372 g/mol. The summed E-state index contributed by atoms with van der Waals surface area (Å²) in [6, 6.07) is 9.58. The molecule has 1 aliphatic heterocycles. The van der Waals surface area contributed by atoms with Crippen molar-refractivity contribution in [2.45, 2.75) is 20.4 Å². The summed E-state index contributed by atoms with van der Waals surface area (Å²) in [5, 5.41) is 5.67. The third-order valence-electron chi connectivity index (χ3n) is 3.28. The fraction of sp³-hybridized carbons (Fsp3) is 0.286. The number of hydrogen-bond donors (Lipinski definition) is 3. The van der Waals surface area contributed by atoms with Crippen LogP contribution in [0.15, 0.2) is 59.1 Å². The molecule has 8 nitrogen and oxygen atoms in total. The highest BCUT2D eigenvalue weighted by atomic mass is 16.6. The van der Waals surface area contributed by atoms with E-state index in [4.69, 9.17) is 4.74 Å². The molecule has 1 aromatic heterocycles. The zero-order valence-corrected chi connectivity index (χ0v) is 17.4. The van der Waals surface area contributed by atoms with Gasteiger partial charge in [0.15, 0.2) is 12.0 Å². The van der Waals surface area contributed by atoms with Gasteiger partial charge in [0.1, 0.15) is 5.69 Å². The lowest BCUT2D eigenvalue weighted by atomic mass is 10.2. The number of nitrogens with one attached hydrogen (secondary N) is 3. The number of benzene rings is 1. The fourth-order valence-electron chi connectivity index (χ4n) is 2.07. The molecule has 0 bridgehead atoms. The summed E-state index contributed by atoms with van der Waals surface area (Å²) in [5.74, 6) is -0.314. The lowest BCUT2D eigenvalue weighted by Crippen LogP contribution is -2.36. The van der Waals surface area contributed by atoms with Gasteiger partial charge in [-0.25, -0.2) is 4.79 Å². The van der Waals surface area contributed by atoms with Gasteiger partial charge in [-0.15, -0.1) is 0 Å². The minimum Gasteiger partial charge on any atom is -0.402 e. The molecule has 156 valence electrons. The standard InChI is InChI=1S/C16H13N3O4.C3H9N.C2H6/c20-9-11-7-17-8-12(14(11)21)19-13-15(23-16(13)22)18-6-10-4-2-1-3-5-10;1-4(2)3;1-2/h1-5,7-9,18-19H,6H2,(H,17,21);1-3H3;1-2H3. The van der Waals surface area contributed by atoms with Crippen LogP contribution in [-0.4, -0.2) is 43.3 Å². The zero-order valence-electron chi connectivity index (χ0n) is 17.4. The first kappa shape index (κ1) is 23.6. The van der Waals surface area contributed by atoms with Crippen LogP contribution in [0.5, 0.6) is 0 Å². The van der Waals surface area contributed by atoms with Crippen LogP contribution in [0.2, 0.25) is 0 Å². The molecule has 0 aliphatic carbocycles. The average Bonchev–Trinajstić information content (AvgIpc) is 2.72. The van der Waals surface area contributed by atoms with Crippen LogP contribution in [0.3, 0.4) is 0 Å². The monoisotopic (exact) mass is 400 g/mol. The van der Waals surface area contributed by atoms with Crippen molar-refractivity contribution < 1.29 is 14.3 Å². The van der Waals surface area contributed by atoms with E-state index in [0.717, 1.165) is 5.56 Å². The number of aromatic nitrogens is 1. The Morgan fingerprint density at radius 3 is 2.24 bits per heavy atom. The van der Waals surface area contributed by atoms with E-state index in [1.165, 1.54) is 12.4 Å². The molecule has 3 rings (SSSR count). The molecular formula is C21H28N4O4. The van der Waals surface area contributed by atoms with E-state index in [9.17, 15) is 14.4 Å². The Bertz CT molecular complexity index is 886. The molecule has 8 heteroatoms. The predicted molar refractivity (Wildman–Crippen MR) is 113 cm³/mol. The second-order valence-corrected chi connectivity index (χ2v) is 6.17. The fourth-order valence-corrected chi connectivity index (χ4v) is 2.07. The number of aldehydes is 1. The lowest BCUT2D eigenvalue weighted by molar-refractivity contribution is -0.141. The van der Waals surface area contributed by atoms with Crippen molar-refractivity contribution in [1.82, 2.24) is 15.2 Å². The molecule has 1 aromatic carbocycles. The van der Waals surface area contributed by atoms with Crippen molar-refractivity contribution in [3.05, 3.63) is 75.7 Å². The van der Waals surface area contributed by atoms with Crippen LogP contribution < -0.4 is 16.1 Å². The number of H-pyrrole nitrogens is 1. The molecule has 2 aromatic rings. The van der Waals surface area contributed by atoms with Crippen molar-refractivity contribution in [2.24, 2.45) is 0 Å². The number of hydrogen-bond acceptors (Lipinski definition) is 7. The molecule has 0 saturated heterocycles. The molecule has 1 aliphatic rings. The van der Waals surface area contributed by atoms with Crippen LogP contribution in [0, 0.1) is 0 Å². The van der Waals surface area contributed by atoms with Crippen LogP contribution in [-0.2, 0) is 16.1 Å². The van der Waals surface area contributed by atoms with Crippen molar-refractivity contribution in [3.63, 3.8) is 0 Å². The second-order valence-electron chi connectivity index (χ2n) is 6.17. The number of carbonyl (C=O) groups is 2. The Kier molecular flexibility index (Phi) is 9.90. The van der Waals surface area contributed by atoms with Crippen molar-refractivity contribution >= 4 is 17.9 Å². The zero-order chi connectivity index (χ0) is 21.8. The van der Waals surface area contributed by atoms with E-state index in [0.29, 0.717) is 12.8 Å². The summed E-state index contributed by atoms with van der Waals surface area (Å²) in [6.07, 6.45) is 3.12. The molecule has 0 saturated carbocycles.